The number of nitrogens with one attached hydrogen (secondary N) is 1. The van der Waals surface area contributed by atoms with Crippen LogP contribution in [0.5, 0.6) is 0 Å². The van der Waals surface area contributed by atoms with Crippen LogP contribution >= 0.6 is 7.82 Å². The van der Waals surface area contributed by atoms with Gasteiger partial charge in [0.1, 0.15) is 19.3 Å². The molecule has 0 saturated heterocycles. The van der Waals surface area contributed by atoms with E-state index in [4.69, 9.17) is 13.8 Å². The van der Waals surface area contributed by atoms with E-state index in [9.17, 15) is 19.0 Å². The van der Waals surface area contributed by atoms with Crippen LogP contribution in [-0.4, -0.2) is 74.3 Å². The van der Waals surface area contributed by atoms with Crippen LogP contribution in [0.25, 0.3) is 0 Å². The van der Waals surface area contributed by atoms with E-state index >= 15 is 0 Å². The monoisotopic (exact) mass is 972 g/mol. The Bertz CT molecular complexity index is 1440. The Hall–Kier alpha value is -2.81. The number of carbonyl (C=O) groups excluding carboxylic acids is 2. The second kappa shape index (κ2) is 47.8. The van der Waals surface area contributed by atoms with E-state index in [1.54, 1.807) is 0 Å². The van der Waals surface area contributed by atoms with E-state index in [-0.39, 0.29) is 31.5 Å². The summed E-state index contributed by atoms with van der Waals surface area (Å²) in [6.07, 6.45) is 61.4. The molecule has 0 saturated carbocycles. The second-order valence-electron chi connectivity index (χ2n) is 19.4. The number of rotatable bonds is 48. The quantitative estimate of drug-likeness (QED) is 0.0156. The minimum Gasteiger partial charge on any atom is -0.456 e. The Morgan fingerprint density at radius 2 is 1.01 bits per heavy atom. The van der Waals surface area contributed by atoms with Crippen LogP contribution in [0.15, 0.2) is 85.1 Å². The summed E-state index contributed by atoms with van der Waals surface area (Å²) in [5, 5.41) is 3.03. The van der Waals surface area contributed by atoms with Crippen LogP contribution in [0.2, 0.25) is 0 Å². The molecule has 0 rings (SSSR count). The molecule has 0 fully saturated rings. The highest BCUT2D eigenvalue weighted by molar-refractivity contribution is 7.47. The third kappa shape index (κ3) is 48.2. The molecule has 0 radical (unpaired) electrons. The molecule has 9 nitrogen and oxygen atoms in total. The minimum atomic E-state index is -4.45. The maximum atomic E-state index is 13.5. The lowest BCUT2D eigenvalue weighted by Gasteiger charge is -2.27. The van der Waals surface area contributed by atoms with Crippen molar-refractivity contribution in [3.8, 4) is 0 Å². The van der Waals surface area contributed by atoms with E-state index in [2.05, 4.69) is 99.0 Å². The number of phosphoric acid groups is 1. The molecule has 68 heavy (non-hydrogen) atoms. The summed E-state index contributed by atoms with van der Waals surface area (Å²) in [6.45, 7) is 6.73. The molecular weight excluding hydrogens is 868 g/mol. The van der Waals surface area contributed by atoms with Gasteiger partial charge in [-0.2, -0.15) is 0 Å². The fourth-order valence-corrected chi connectivity index (χ4v) is 8.16. The maximum absolute atomic E-state index is 13.5. The summed E-state index contributed by atoms with van der Waals surface area (Å²) in [4.78, 5) is 37.5. The summed E-state index contributed by atoms with van der Waals surface area (Å²) in [7, 11) is 1.47. The van der Waals surface area contributed by atoms with Crippen LogP contribution < -0.4 is 5.32 Å². The molecule has 0 aromatic heterocycles. The Morgan fingerprint density at radius 1 is 0.544 bits per heavy atom. The van der Waals surface area contributed by atoms with Crippen LogP contribution in [0, 0.1) is 0 Å². The lowest BCUT2D eigenvalue weighted by Crippen LogP contribution is -2.47. The smallest absolute Gasteiger partial charge is 0.456 e. The first-order valence-electron chi connectivity index (χ1n) is 27.4. The van der Waals surface area contributed by atoms with Crippen molar-refractivity contribution < 1.29 is 37.3 Å². The molecule has 0 bridgehead atoms. The van der Waals surface area contributed by atoms with Crippen LogP contribution in [0.3, 0.4) is 0 Å². The fourth-order valence-electron chi connectivity index (χ4n) is 7.42. The predicted octanol–water partition coefficient (Wildman–Crippen LogP) is 16.3. The van der Waals surface area contributed by atoms with Gasteiger partial charge >= 0.3 is 13.8 Å². The van der Waals surface area contributed by atoms with Gasteiger partial charge in [0.25, 0.3) is 0 Å². The number of hydrogen-bond donors (Lipinski definition) is 2. The van der Waals surface area contributed by atoms with Crippen molar-refractivity contribution >= 4 is 19.7 Å². The van der Waals surface area contributed by atoms with E-state index in [1.807, 2.05) is 33.3 Å². The Kier molecular flexibility index (Phi) is 45.9. The largest absolute Gasteiger partial charge is 0.472 e. The molecule has 0 aromatic carbocycles. The number of ether oxygens (including phenoxy) is 1. The molecule has 0 aliphatic rings. The van der Waals surface area contributed by atoms with Crippen LogP contribution in [0.4, 0.5) is 0 Å². The molecule has 0 spiro atoms. The third-order valence-corrected chi connectivity index (χ3v) is 12.6. The number of nitrogens with zero attached hydrogens (tertiary/aromatic N) is 1. The number of carbonyl (C=O) groups is 2. The highest BCUT2D eigenvalue weighted by Gasteiger charge is 2.30. The number of quaternary nitrogens is 1. The second-order valence-corrected chi connectivity index (χ2v) is 20.9. The molecule has 0 aliphatic carbocycles. The van der Waals surface area contributed by atoms with Crippen molar-refractivity contribution in [3.63, 3.8) is 0 Å². The van der Waals surface area contributed by atoms with Crippen molar-refractivity contribution in [2.45, 2.75) is 232 Å². The zero-order valence-electron chi connectivity index (χ0n) is 44.6. The van der Waals surface area contributed by atoms with Gasteiger partial charge in [-0.3, -0.25) is 18.6 Å². The number of amides is 1. The number of likely N-dealkylation sites (N-methyl/N-ethyl adjacent to an activating group) is 1. The molecule has 3 unspecified atom stereocenters. The lowest BCUT2D eigenvalue weighted by atomic mass is 10.1. The average molecular weight is 972 g/mol. The SMILES string of the molecule is CC/C=C/C=C/C=C/CCCCCCCCCC(=O)OC(/C=C/CCCCCCCCCCC)C(COP(=O)(O)OCC[N+](C)(C)C)NC(=O)CCCCCCCC/C=C/C/C=C/C/C=C/CC. The van der Waals surface area contributed by atoms with Gasteiger partial charge in [0.2, 0.25) is 5.91 Å². The first-order valence-corrected chi connectivity index (χ1v) is 28.9. The Balaban J connectivity index is 5.40. The van der Waals surface area contributed by atoms with Crippen molar-refractivity contribution in [2.24, 2.45) is 0 Å². The lowest BCUT2D eigenvalue weighted by molar-refractivity contribution is -0.870. The van der Waals surface area contributed by atoms with Gasteiger partial charge in [-0.15, -0.1) is 0 Å². The van der Waals surface area contributed by atoms with Gasteiger partial charge < -0.3 is 19.4 Å². The van der Waals surface area contributed by atoms with Crippen molar-refractivity contribution in [3.05, 3.63) is 85.1 Å². The maximum Gasteiger partial charge on any atom is 0.472 e. The van der Waals surface area contributed by atoms with Gasteiger partial charge in [-0.1, -0.05) is 209 Å². The molecule has 0 aliphatic heterocycles. The zero-order valence-corrected chi connectivity index (χ0v) is 45.5. The van der Waals surface area contributed by atoms with Crippen molar-refractivity contribution in [1.29, 1.82) is 0 Å². The number of hydrogen-bond acceptors (Lipinski definition) is 6. The zero-order chi connectivity index (χ0) is 50.1. The highest BCUT2D eigenvalue weighted by Crippen LogP contribution is 2.43. The Labute approximate surface area is 418 Å². The molecule has 0 heterocycles. The standard InChI is InChI=1S/C58H103N2O7P/c1-7-10-13-16-19-22-25-27-29-31-32-35-38-41-44-47-50-57(61)59-55(54-66-68(63,64)65-53-52-60(4,5)6)56(49-46-43-40-37-34-24-21-18-15-12-9-3)67-58(62)51-48-45-42-39-36-33-30-28-26-23-20-17-14-11-8-2/h10-11,13-14,17,19-20,22-23,26-27,29,46,49,55-56H,7-9,12,15-16,18,21,24-25,28,30-45,47-48,50-54H2,1-6H3,(H-,59,61,63,64)/p+1/b13-10+,14-11+,20-17+,22-19+,26-23+,29-27+,49-46+. The molecule has 0 aromatic rings. The van der Waals surface area contributed by atoms with E-state index in [0.717, 1.165) is 116 Å². The first kappa shape index (κ1) is 65.2. The van der Waals surface area contributed by atoms with E-state index in [0.29, 0.717) is 17.4 Å². The normalized spacial score (nSPS) is 14.5. The molecular formula is C58H104N2O7P+. The van der Waals surface area contributed by atoms with Crippen LogP contribution in [0.1, 0.15) is 220 Å². The first-order chi connectivity index (χ1) is 32.9. The van der Waals surface area contributed by atoms with Gasteiger partial charge in [-0.05, 0) is 83.1 Å². The van der Waals surface area contributed by atoms with Gasteiger partial charge in [0.15, 0.2) is 0 Å². The average Bonchev–Trinajstić information content (AvgIpc) is 3.29. The molecule has 2 N–H and O–H groups in total. The summed E-state index contributed by atoms with van der Waals surface area (Å²) < 4.78 is 30.5. The number of allylic oxidation sites excluding steroid dienone is 13. The number of phosphoric ester groups is 1. The molecule has 3 atom stereocenters. The van der Waals surface area contributed by atoms with Crippen molar-refractivity contribution in [2.75, 3.05) is 40.9 Å². The van der Waals surface area contributed by atoms with E-state index < -0.39 is 20.0 Å². The van der Waals surface area contributed by atoms with Gasteiger partial charge in [0, 0.05) is 12.8 Å². The summed E-state index contributed by atoms with van der Waals surface area (Å²) in [6, 6.07) is -0.863. The third-order valence-electron chi connectivity index (χ3n) is 11.6. The summed E-state index contributed by atoms with van der Waals surface area (Å²) in [5.41, 5.74) is 0. The van der Waals surface area contributed by atoms with Gasteiger partial charge in [-0.25, -0.2) is 4.57 Å². The molecule has 10 heteroatoms. The van der Waals surface area contributed by atoms with Crippen molar-refractivity contribution in [1.82, 2.24) is 5.32 Å². The molecule has 1 amide bonds. The van der Waals surface area contributed by atoms with E-state index in [1.165, 1.54) is 70.6 Å². The predicted molar refractivity (Wildman–Crippen MR) is 291 cm³/mol. The van der Waals surface area contributed by atoms with Crippen LogP contribution in [-0.2, 0) is 27.9 Å². The topological polar surface area (TPSA) is 111 Å². The number of esters is 1. The summed E-state index contributed by atoms with van der Waals surface area (Å²) in [5.74, 6) is -0.541. The fraction of sp³-hybridized carbons (Fsp3) is 0.724. The highest BCUT2D eigenvalue weighted by atomic mass is 31.2. The minimum absolute atomic E-state index is 0.0314. The number of unbranched alkanes of at least 4 members (excludes halogenated alkanes) is 22. The van der Waals surface area contributed by atoms with Gasteiger partial charge in [0.05, 0.1) is 33.8 Å². The summed E-state index contributed by atoms with van der Waals surface area (Å²) >= 11 is 0. The Morgan fingerprint density at radius 3 is 1.57 bits per heavy atom. The molecule has 392 valence electrons.